The zero-order valence-electron chi connectivity index (χ0n) is 16.5. The van der Waals surface area contributed by atoms with Crippen molar-refractivity contribution >= 4 is 18.0 Å². The van der Waals surface area contributed by atoms with Gasteiger partial charge in [-0.15, -0.1) is 0 Å². The van der Waals surface area contributed by atoms with E-state index in [4.69, 9.17) is 9.47 Å². The van der Waals surface area contributed by atoms with Gasteiger partial charge in [-0.2, -0.15) is 0 Å². The third-order valence-electron chi connectivity index (χ3n) is 3.03. The lowest BCUT2D eigenvalue weighted by Crippen LogP contribution is -2.55. The number of nitrogens with zero attached hydrogens (tertiary/aromatic N) is 1. The number of nitrogens with one attached hydrogen (secondary N) is 1. The Balaban J connectivity index is 3.04. The number of ketones is 1. The van der Waals surface area contributed by atoms with Gasteiger partial charge in [-0.3, -0.25) is 4.79 Å². The molecule has 1 atom stereocenters. The van der Waals surface area contributed by atoms with E-state index in [1.54, 1.807) is 71.9 Å². The molecule has 0 bridgehead atoms. The largest absolute Gasteiger partial charge is 0.443 e. The summed E-state index contributed by atoms with van der Waals surface area (Å²) in [6.07, 6.45) is -1.70. The molecule has 0 heterocycles. The van der Waals surface area contributed by atoms with Crippen LogP contribution >= 0.6 is 0 Å². The van der Waals surface area contributed by atoms with Gasteiger partial charge in [0.15, 0.2) is 5.78 Å². The van der Waals surface area contributed by atoms with Gasteiger partial charge in [-0.05, 0) is 48.5 Å². The lowest BCUT2D eigenvalue weighted by Gasteiger charge is -2.31. The normalized spacial score (nSPS) is 12.7. The predicted molar refractivity (Wildman–Crippen MR) is 97.7 cm³/mol. The fourth-order valence-electron chi connectivity index (χ4n) is 1.97. The summed E-state index contributed by atoms with van der Waals surface area (Å²) >= 11 is 0. The van der Waals surface area contributed by atoms with Gasteiger partial charge in [0, 0.05) is 5.56 Å². The number of hydrogen-bond acceptors (Lipinski definition) is 5. The summed E-state index contributed by atoms with van der Waals surface area (Å²) in [6, 6.07) is 7.52. The standard InChI is InChI=1S/C19H28N2O5/c1-13(15(22)14-11-9-8-10-12-14)21(17(24)26-19(5,6)7)20-16(23)25-18(2,3)4/h8-13H,1-7H3,(H,20,23). The highest BCUT2D eigenvalue weighted by Gasteiger charge is 2.33. The van der Waals surface area contributed by atoms with Crippen molar-refractivity contribution in [2.75, 3.05) is 0 Å². The van der Waals surface area contributed by atoms with Gasteiger partial charge in [0.1, 0.15) is 17.2 Å². The lowest BCUT2D eigenvalue weighted by molar-refractivity contribution is -0.00607. The fourth-order valence-corrected chi connectivity index (χ4v) is 1.97. The number of hydrazine groups is 1. The van der Waals surface area contributed by atoms with Crippen LogP contribution in [0.15, 0.2) is 30.3 Å². The van der Waals surface area contributed by atoms with Gasteiger partial charge < -0.3 is 9.47 Å². The molecule has 1 aromatic carbocycles. The zero-order chi connectivity index (χ0) is 20.1. The summed E-state index contributed by atoms with van der Waals surface area (Å²) in [7, 11) is 0. The van der Waals surface area contributed by atoms with E-state index in [0.29, 0.717) is 5.56 Å². The molecule has 7 nitrogen and oxygen atoms in total. The topological polar surface area (TPSA) is 84.9 Å². The van der Waals surface area contributed by atoms with Crippen molar-refractivity contribution in [2.45, 2.75) is 65.7 Å². The van der Waals surface area contributed by atoms with Crippen molar-refractivity contribution in [3.05, 3.63) is 35.9 Å². The summed E-state index contributed by atoms with van der Waals surface area (Å²) in [6.45, 7) is 11.7. The molecule has 1 rings (SSSR count). The highest BCUT2D eigenvalue weighted by Crippen LogP contribution is 2.14. The lowest BCUT2D eigenvalue weighted by atomic mass is 10.1. The Labute approximate surface area is 154 Å². The molecule has 0 saturated heterocycles. The maximum atomic E-state index is 12.7. The van der Waals surface area contributed by atoms with Crippen molar-refractivity contribution in [1.82, 2.24) is 10.4 Å². The number of carbonyl (C=O) groups is 3. The number of benzene rings is 1. The van der Waals surface area contributed by atoms with Gasteiger partial charge >= 0.3 is 12.2 Å². The van der Waals surface area contributed by atoms with E-state index in [-0.39, 0.29) is 5.78 Å². The molecule has 0 aliphatic heterocycles. The molecule has 0 aliphatic carbocycles. The minimum absolute atomic E-state index is 0.340. The molecule has 2 amide bonds. The second-order valence-electron chi connectivity index (χ2n) is 7.87. The van der Waals surface area contributed by atoms with E-state index in [1.165, 1.54) is 6.92 Å². The molecule has 0 aliphatic rings. The van der Waals surface area contributed by atoms with Crippen LogP contribution in [0.25, 0.3) is 0 Å². The van der Waals surface area contributed by atoms with E-state index in [9.17, 15) is 14.4 Å². The van der Waals surface area contributed by atoms with E-state index in [0.717, 1.165) is 5.01 Å². The van der Waals surface area contributed by atoms with Crippen LogP contribution in [0.5, 0.6) is 0 Å². The maximum Gasteiger partial charge on any atom is 0.429 e. The molecule has 0 saturated carbocycles. The Morgan fingerprint density at radius 1 is 0.923 bits per heavy atom. The molecule has 26 heavy (non-hydrogen) atoms. The first-order chi connectivity index (χ1) is 11.8. The summed E-state index contributed by atoms with van der Waals surface area (Å²) in [5.74, 6) is -0.340. The van der Waals surface area contributed by atoms with Crippen LogP contribution in [0.1, 0.15) is 58.8 Å². The number of Topliss-reactive ketones (excluding diaryl/α,β-unsaturated/α-hetero) is 1. The molecule has 0 aromatic heterocycles. The second kappa shape index (κ2) is 8.21. The molecule has 144 valence electrons. The third kappa shape index (κ3) is 7.13. The summed E-state index contributed by atoms with van der Waals surface area (Å²) in [5, 5.41) is 0.856. The Morgan fingerprint density at radius 3 is 1.88 bits per heavy atom. The minimum atomic E-state index is -0.986. The average Bonchev–Trinajstić information content (AvgIpc) is 2.48. The predicted octanol–water partition coefficient (Wildman–Crippen LogP) is 3.93. The molecular weight excluding hydrogens is 336 g/mol. The van der Waals surface area contributed by atoms with E-state index >= 15 is 0 Å². The molecule has 0 spiro atoms. The van der Waals surface area contributed by atoms with Crippen LogP contribution in [0.4, 0.5) is 9.59 Å². The Kier molecular flexibility index (Phi) is 6.78. The number of hydrogen-bond donors (Lipinski definition) is 1. The number of carbonyl (C=O) groups excluding carboxylic acids is 3. The van der Waals surface area contributed by atoms with Crippen LogP contribution in [-0.4, -0.2) is 40.2 Å². The monoisotopic (exact) mass is 364 g/mol. The van der Waals surface area contributed by atoms with Gasteiger partial charge in [-0.1, -0.05) is 30.3 Å². The first kappa shape index (κ1) is 21.5. The maximum absolute atomic E-state index is 12.7. The van der Waals surface area contributed by atoms with Gasteiger partial charge in [-0.25, -0.2) is 20.0 Å². The minimum Gasteiger partial charge on any atom is -0.443 e. The first-order valence-electron chi connectivity index (χ1n) is 8.41. The van der Waals surface area contributed by atoms with E-state index < -0.39 is 29.4 Å². The SMILES string of the molecule is CC(C(=O)c1ccccc1)N(NC(=O)OC(C)(C)C)C(=O)OC(C)(C)C. The molecule has 7 heteroatoms. The first-order valence-corrected chi connectivity index (χ1v) is 8.41. The molecule has 0 radical (unpaired) electrons. The van der Waals surface area contributed by atoms with Gasteiger partial charge in [0.25, 0.3) is 0 Å². The van der Waals surface area contributed by atoms with Crippen molar-refractivity contribution < 1.29 is 23.9 Å². The zero-order valence-corrected chi connectivity index (χ0v) is 16.5. The Bertz CT molecular complexity index is 644. The van der Waals surface area contributed by atoms with Gasteiger partial charge in [0.2, 0.25) is 0 Å². The van der Waals surface area contributed by atoms with E-state index in [2.05, 4.69) is 5.43 Å². The summed E-state index contributed by atoms with van der Waals surface area (Å²) < 4.78 is 10.5. The smallest absolute Gasteiger partial charge is 0.429 e. The number of amides is 2. The van der Waals surface area contributed by atoms with Gasteiger partial charge in [0.05, 0.1) is 0 Å². The van der Waals surface area contributed by atoms with Crippen molar-refractivity contribution in [1.29, 1.82) is 0 Å². The van der Waals surface area contributed by atoms with Crippen LogP contribution in [0.3, 0.4) is 0 Å². The van der Waals surface area contributed by atoms with Crippen LogP contribution in [0.2, 0.25) is 0 Å². The number of ether oxygens (including phenoxy) is 2. The Morgan fingerprint density at radius 2 is 1.42 bits per heavy atom. The Hall–Kier alpha value is -2.57. The highest BCUT2D eigenvalue weighted by atomic mass is 16.6. The summed E-state index contributed by atoms with van der Waals surface area (Å²) in [4.78, 5) is 37.3. The number of rotatable bonds is 3. The molecule has 1 unspecified atom stereocenters. The van der Waals surface area contributed by atoms with Crippen LogP contribution in [-0.2, 0) is 9.47 Å². The van der Waals surface area contributed by atoms with E-state index in [1.807, 2.05) is 0 Å². The molecule has 1 aromatic rings. The van der Waals surface area contributed by atoms with Crippen molar-refractivity contribution in [3.63, 3.8) is 0 Å². The third-order valence-corrected chi connectivity index (χ3v) is 3.03. The fraction of sp³-hybridized carbons (Fsp3) is 0.526. The van der Waals surface area contributed by atoms with Crippen molar-refractivity contribution in [3.8, 4) is 0 Å². The van der Waals surface area contributed by atoms with Crippen molar-refractivity contribution in [2.24, 2.45) is 0 Å². The average molecular weight is 364 g/mol. The van der Waals surface area contributed by atoms with Crippen LogP contribution < -0.4 is 5.43 Å². The summed E-state index contributed by atoms with van der Waals surface area (Å²) in [5.41, 5.74) is 1.19. The molecule has 1 N–H and O–H groups in total. The molecule has 0 fully saturated rings. The quantitative estimate of drug-likeness (QED) is 0.649. The highest BCUT2D eigenvalue weighted by molar-refractivity contribution is 6.01. The molecular formula is C19H28N2O5. The van der Waals surface area contributed by atoms with Crippen LogP contribution in [0, 0.1) is 0 Å². The second-order valence-corrected chi connectivity index (χ2v) is 7.87.